The van der Waals surface area contributed by atoms with Crippen LogP contribution in [0, 0.1) is 5.92 Å². The minimum absolute atomic E-state index is 0.296. The zero-order chi connectivity index (χ0) is 9.19. The second-order valence-corrected chi connectivity index (χ2v) is 5.92. The number of sulfone groups is 1. The monoisotopic (exact) mass is 192 g/mol. The van der Waals surface area contributed by atoms with Crippen molar-refractivity contribution >= 4 is 9.84 Å². The molecule has 0 amide bonds. The van der Waals surface area contributed by atoms with Crippen LogP contribution in [0.1, 0.15) is 26.2 Å². The zero-order valence-corrected chi connectivity index (χ0v) is 8.18. The van der Waals surface area contributed by atoms with Crippen LogP contribution < -0.4 is 0 Å². The van der Waals surface area contributed by atoms with Crippen LogP contribution in [0.25, 0.3) is 0 Å². The normalized spacial score (nSPS) is 30.3. The largest absolute Gasteiger partial charge is 0.393 e. The van der Waals surface area contributed by atoms with Crippen molar-refractivity contribution in [1.29, 1.82) is 0 Å². The van der Waals surface area contributed by atoms with Gasteiger partial charge in [-0.15, -0.1) is 0 Å². The molecule has 1 aliphatic rings. The third-order valence-electron chi connectivity index (χ3n) is 2.32. The van der Waals surface area contributed by atoms with Gasteiger partial charge in [0.15, 0.2) is 9.84 Å². The van der Waals surface area contributed by atoms with Gasteiger partial charge in [0.1, 0.15) is 0 Å². The zero-order valence-electron chi connectivity index (χ0n) is 7.36. The fraction of sp³-hybridized carbons (Fsp3) is 1.00. The first-order valence-corrected chi connectivity index (χ1v) is 6.20. The maximum atomic E-state index is 11.0. The molecule has 2 unspecified atom stereocenters. The summed E-state index contributed by atoms with van der Waals surface area (Å²) in [7, 11) is -2.72. The predicted octanol–water partition coefficient (Wildman–Crippen LogP) is 0.582. The highest BCUT2D eigenvalue weighted by molar-refractivity contribution is 7.91. The minimum atomic E-state index is -2.72. The quantitative estimate of drug-likeness (QED) is 0.711. The van der Waals surface area contributed by atoms with Crippen LogP contribution in [0.5, 0.6) is 0 Å². The molecule has 0 aromatic rings. The molecule has 1 saturated heterocycles. The molecule has 1 N–H and O–H groups in total. The SMILES string of the molecule is CC(O)CCC1CCS(=O)(=O)C1. The Kier molecular flexibility index (Phi) is 3.12. The van der Waals surface area contributed by atoms with Crippen molar-refractivity contribution in [1.82, 2.24) is 0 Å². The van der Waals surface area contributed by atoms with Crippen molar-refractivity contribution in [2.75, 3.05) is 11.5 Å². The maximum Gasteiger partial charge on any atom is 0.150 e. The van der Waals surface area contributed by atoms with E-state index >= 15 is 0 Å². The summed E-state index contributed by atoms with van der Waals surface area (Å²) in [5.74, 6) is 0.974. The summed E-state index contributed by atoms with van der Waals surface area (Å²) in [6.45, 7) is 1.74. The summed E-state index contributed by atoms with van der Waals surface area (Å²) in [6.07, 6.45) is 2.06. The molecule has 1 rings (SSSR count). The van der Waals surface area contributed by atoms with Gasteiger partial charge in [-0.3, -0.25) is 0 Å². The molecule has 0 aliphatic carbocycles. The summed E-state index contributed by atoms with van der Waals surface area (Å²) in [5, 5.41) is 8.99. The van der Waals surface area contributed by atoms with E-state index in [-0.39, 0.29) is 6.10 Å². The van der Waals surface area contributed by atoms with Crippen LogP contribution in [-0.2, 0) is 9.84 Å². The van der Waals surface area contributed by atoms with Crippen LogP contribution in [0.15, 0.2) is 0 Å². The van der Waals surface area contributed by atoms with E-state index in [1.54, 1.807) is 6.92 Å². The van der Waals surface area contributed by atoms with Crippen LogP contribution >= 0.6 is 0 Å². The average molecular weight is 192 g/mol. The summed E-state index contributed by atoms with van der Waals surface area (Å²) in [4.78, 5) is 0. The van der Waals surface area contributed by atoms with E-state index in [1.165, 1.54) is 0 Å². The van der Waals surface area contributed by atoms with Crippen LogP contribution in [0.2, 0.25) is 0 Å². The molecule has 1 heterocycles. The topological polar surface area (TPSA) is 54.4 Å². The first-order valence-electron chi connectivity index (χ1n) is 4.38. The van der Waals surface area contributed by atoms with Gasteiger partial charge in [0.05, 0.1) is 17.6 Å². The lowest BCUT2D eigenvalue weighted by Gasteiger charge is -2.08. The van der Waals surface area contributed by atoms with Gasteiger partial charge >= 0.3 is 0 Å². The van der Waals surface area contributed by atoms with Gasteiger partial charge in [0, 0.05) is 0 Å². The molecule has 3 nitrogen and oxygen atoms in total. The van der Waals surface area contributed by atoms with Gasteiger partial charge in [0.2, 0.25) is 0 Å². The molecular formula is C8H16O3S. The molecule has 4 heteroatoms. The molecule has 0 spiro atoms. The van der Waals surface area contributed by atoms with E-state index in [0.717, 1.165) is 19.3 Å². The van der Waals surface area contributed by atoms with Crippen LogP contribution in [-0.4, -0.2) is 31.1 Å². The Hall–Kier alpha value is -0.0900. The molecular weight excluding hydrogens is 176 g/mol. The Morgan fingerprint density at radius 1 is 1.58 bits per heavy atom. The minimum Gasteiger partial charge on any atom is -0.393 e. The predicted molar refractivity (Wildman–Crippen MR) is 47.7 cm³/mol. The molecule has 0 bridgehead atoms. The lowest BCUT2D eigenvalue weighted by Crippen LogP contribution is -2.08. The molecule has 1 fully saturated rings. The first kappa shape index (κ1) is 9.99. The molecule has 0 aromatic carbocycles. The van der Waals surface area contributed by atoms with Crippen molar-refractivity contribution in [3.8, 4) is 0 Å². The molecule has 12 heavy (non-hydrogen) atoms. The van der Waals surface area contributed by atoms with Gasteiger partial charge in [-0.25, -0.2) is 8.42 Å². The molecule has 72 valence electrons. The number of hydrogen-bond acceptors (Lipinski definition) is 3. The summed E-state index contributed by atoms with van der Waals surface area (Å²) in [6, 6.07) is 0. The van der Waals surface area contributed by atoms with Crippen LogP contribution in [0.3, 0.4) is 0 Å². The Morgan fingerprint density at radius 3 is 2.67 bits per heavy atom. The molecule has 0 aromatic heterocycles. The maximum absolute atomic E-state index is 11.0. The highest BCUT2D eigenvalue weighted by Crippen LogP contribution is 2.23. The van der Waals surface area contributed by atoms with E-state index in [1.807, 2.05) is 0 Å². The van der Waals surface area contributed by atoms with E-state index in [4.69, 9.17) is 5.11 Å². The van der Waals surface area contributed by atoms with E-state index in [0.29, 0.717) is 17.4 Å². The highest BCUT2D eigenvalue weighted by Gasteiger charge is 2.27. The summed E-state index contributed by atoms with van der Waals surface area (Å²) < 4.78 is 22.0. The molecule has 1 aliphatic heterocycles. The fourth-order valence-electron chi connectivity index (χ4n) is 1.58. The van der Waals surface area contributed by atoms with Crippen molar-refractivity contribution in [3.05, 3.63) is 0 Å². The number of aliphatic hydroxyl groups excluding tert-OH is 1. The van der Waals surface area contributed by atoms with Gasteiger partial charge in [-0.1, -0.05) is 0 Å². The third-order valence-corrected chi connectivity index (χ3v) is 4.16. The van der Waals surface area contributed by atoms with Crippen molar-refractivity contribution in [2.45, 2.75) is 32.3 Å². The van der Waals surface area contributed by atoms with Crippen molar-refractivity contribution < 1.29 is 13.5 Å². The molecule has 0 radical (unpaired) electrons. The van der Waals surface area contributed by atoms with Gasteiger partial charge in [0.25, 0.3) is 0 Å². The number of rotatable bonds is 3. The highest BCUT2D eigenvalue weighted by atomic mass is 32.2. The Morgan fingerprint density at radius 2 is 2.25 bits per heavy atom. The van der Waals surface area contributed by atoms with Crippen LogP contribution in [0.4, 0.5) is 0 Å². The second kappa shape index (κ2) is 3.75. The van der Waals surface area contributed by atoms with Gasteiger partial charge in [-0.05, 0) is 32.1 Å². The van der Waals surface area contributed by atoms with Gasteiger partial charge < -0.3 is 5.11 Å². The first-order chi connectivity index (χ1) is 5.49. The summed E-state index contributed by atoms with van der Waals surface area (Å²) in [5.41, 5.74) is 0. The Labute approximate surface area is 73.7 Å². The van der Waals surface area contributed by atoms with E-state index in [9.17, 15) is 8.42 Å². The van der Waals surface area contributed by atoms with E-state index in [2.05, 4.69) is 0 Å². The number of hydrogen-bond donors (Lipinski definition) is 1. The lowest BCUT2D eigenvalue weighted by atomic mass is 10.0. The van der Waals surface area contributed by atoms with Crippen molar-refractivity contribution in [3.63, 3.8) is 0 Å². The standard InChI is InChI=1S/C8H16O3S/c1-7(9)2-3-8-4-5-12(10,11)6-8/h7-9H,2-6H2,1H3. The summed E-state index contributed by atoms with van der Waals surface area (Å²) >= 11 is 0. The fourth-order valence-corrected chi connectivity index (χ4v) is 3.49. The van der Waals surface area contributed by atoms with E-state index < -0.39 is 9.84 Å². The Balaban J connectivity index is 2.29. The molecule has 0 saturated carbocycles. The average Bonchev–Trinajstić information content (AvgIpc) is 2.26. The number of aliphatic hydroxyl groups is 1. The lowest BCUT2D eigenvalue weighted by molar-refractivity contribution is 0.175. The Bertz CT molecular complexity index is 231. The second-order valence-electron chi connectivity index (χ2n) is 3.70. The smallest absolute Gasteiger partial charge is 0.150 e. The third kappa shape index (κ3) is 3.11. The van der Waals surface area contributed by atoms with Crippen molar-refractivity contribution in [2.24, 2.45) is 5.92 Å². The molecule has 2 atom stereocenters. The van der Waals surface area contributed by atoms with Gasteiger partial charge in [-0.2, -0.15) is 0 Å².